The number of fused-ring (bicyclic) bond motifs is 1. The maximum atomic E-state index is 14.0. The standard InChI is InChI=1S/C33H37F2NO2/c1-3-23-6-10-29-26(18-23)12-13-33(21-27(32(29)37)19-24-4-8-28(38-2)9-5-24)14-16-36(17-15-33)22-25-7-11-30(34)31(35)20-25/h4-11,18,20,27H,3,12-17,19,21-22H2,1-2H3. The van der Waals surface area contributed by atoms with E-state index in [1.807, 2.05) is 12.1 Å². The fourth-order valence-corrected chi connectivity index (χ4v) is 6.40. The normalized spacial score (nSPS) is 19.6. The first-order valence-electron chi connectivity index (χ1n) is 13.8. The van der Waals surface area contributed by atoms with E-state index >= 15 is 0 Å². The first-order valence-corrected chi connectivity index (χ1v) is 13.8. The van der Waals surface area contributed by atoms with Crippen LogP contribution in [-0.4, -0.2) is 30.9 Å². The SMILES string of the molecule is CCc1ccc2c(c1)CCC1(CCN(Cc3ccc(F)c(F)c3)CC1)CC(Cc1ccc(OC)cc1)C2=O. The number of piperidine rings is 1. The lowest BCUT2D eigenvalue weighted by atomic mass is 9.65. The molecule has 3 nitrogen and oxygen atoms in total. The van der Waals surface area contributed by atoms with Crippen molar-refractivity contribution in [3.05, 3.63) is 100 Å². The highest BCUT2D eigenvalue weighted by Crippen LogP contribution is 2.45. The molecule has 1 heterocycles. The Hall–Kier alpha value is -3.05. The van der Waals surface area contributed by atoms with Gasteiger partial charge in [-0.15, -0.1) is 0 Å². The Labute approximate surface area is 224 Å². The molecule has 200 valence electrons. The average Bonchev–Trinajstić information content (AvgIpc) is 2.94. The van der Waals surface area contributed by atoms with E-state index in [1.165, 1.54) is 23.3 Å². The minimum absolute atomic E-state index is 0.0762. The number of hydrogen-bond acceptors (Lipinski definition) is 3. The van der Waals surface area contributed by atoms with E-state index in [-0.39, 0.29) is 17.1 Å². The highest BCUT2D eigenvalue weighted by molar-refractivity contribution is 5.99. The molecular weight excluding hydrogens is 480 g/mol. The van der Waals surface area contributed by atoms with Gasteiger partial charge in [-0.3, -0.25) is 9.69 Å². The summed E-state index contributed by atoms with van der Waals surface area (Å²) in [5.74, 6) is -0.588. The van der Waals surface area contributed by atoms with Crippen LogP contribution in [0.25, 0.3) is 0 Å². The van der Waals surface area contributed by atoms with E-state index in [0.717, 1.165) is 80.5 Å². The smallest absolute Gasteiger partial charge is 0.166 e. The van der Waals surface area contributed by atoms with Crippen LogP contribution in [0.15, 0.2) is 60.7 Å². The molecule has 0 amide bonds. The first-order chi connectivity index (χ1) is 18.4. The molecule has 0 bridgehead atoms. The highest BCUT2D eigenvalue weighted by atomic mass is 19.2. The largest absolute Gasteiger partial charge is 0.497 e. The van der Waals surface area contributed by atoms with Crippen LogP contribution < -0.4 is 4.74 Å². The number of likely N-dealkylation sites (tertiary alicyclic amines) is 1. The molecule has 2 aliphatic rings. The summed E-state index contributed by atoms with van der Waals surface area (Å²) < 4.78 is 32.5. The van der Waals surface area contributed by atoms with Gasteiger partial charge in [0.1, 0.15) is 5.75 Å². The van der Waals surface area contributed by atoms with E-state index in [4.69, 9.17) is 4.74 Å². The number of carbonyl (C=O) groups excluding carboxylic acids is 1. The van der Waals surface area contributed by atoms with Gasteiger partial charge in [0, 0.05) is 18.0 Å². The van der Waals surface area contributed by atoms with Gasteiger partial charge in [0.2, 0.25) is 0 Å². The summed E-state index contributed by atoms with van der Waals surface area (Å²) >= 11 is 0. The van der Waals surface area contributed by atoms with Crippen molar-refractivity contribution in [2.75, 3.05) is 20.2 Å². The monoisotopic (exact) mass is 517 g/mol. The third-order valence-corrected chi connectivity index (χ3v) is 8.77. The minimum Gasteiger partial charge on any atom is -0.497 e. The summed E-state index contributed by atoms with van der Waals surface area (Å²) in [5, 5.41) is 0. The molecule has 1 aliphatic heterocycles. The van der Waals surface area contributed by atoms with Crippen molar-refractivity contribution in [3.8, 4) is 5.75 Å². The van der Waals surface area contributed by atoms with Crippen LogP contribution >= 0.6 is 0 Å². The number of rotatable bonds is 6. The molecule has 0 saturated carbocycles. The zero-order valence-corrected chi connectivity index (χ0v) is 22.4. The number of Topliss-reactive ketones (excluding diaryl/α,β-unsaturated/α-hetero) is 1. The molecule has 1 spiro atoms. The lowest BCUT2D eigenvalue weighted by molar-refractivity contribution is 0.0565. The molecule has 5 heteroatoms. The topological polar surface area (TPSA) is 29.5 Å². The number of benzene rings is 3. The number of ketones is 1. The molecule has 1 atom stereocenters. The number of aryl methyl sites for hydroxylation is 2. The summed E-state index contributed by atoms with van der Waals surface area (Å²) in [5.41, 5.74) is 5.41. The third-order valence-electron chi connectivity index (χ3n) is 8.77. The van der Waals surface area contributed by atoms with Crippen LogP contribution in [0.1, 0.15) is 65.2 Å². The van der Waals surface area contributed by atoms with Gasteiger partial charge in [-0.2, -0.15) is 0 Å². The Morgan fingerprint density at radius 1 is 0.895 bits per heavy atom. The summed E-state index contributed by atoms with van der Waals surface area (Å²) in [7, 11) is 1.66. The fraction of sp³-hybridized carbons (Fsp3) is 0.424. The molecule has 3 aromatic carbocycles. The van der Waals surface area contributed by atoms with Crippen LogP contribution in [0.2, 0.25) is 0 Å². The Morgan fingerprint density at radius 3 is 2.29 bits per heavy atom. The first kappa shape index (κ1) is 26.6. The van der Waals surface area contributed by atoms with Crippen molar-refractivity contribution in [1.29, 1.82) is 0 Å². The molecule has 0 aromatic heterocycles. The van der Waals surface area contributed by atoms with Crippen molar-refractivity contribution in [1.82, 2.24) is 4.90 Å². The molecule has 1 saturated heterocycles. The highest BCUT2D eigenvalue weighted by Gasteiger charge is 2.40. The lowest BCUT2D eigenvalue weighted by Gasteiger charge is -2.45. The van der Waals surface area contributed by atoms with Crippen LogP contribution in [0.3, 0.4) is 0 Å². The zero-order chi connectivity index (χ0) is 26.7. The Balaban J connectivity index is 1.37. The third kappa shape index (κ3) is 5.83. The molecule has 0 N–H and O–H groups in total. The van der Waals surface area contributed by atoms with Gasteiger partial charge in [-0.25, -0.2) is 8.78 Å². The number of nitrogens with zero attached hydrogens (tertiary/aromatic N) is 1. The van der Waals surface area contributed by atoms with Gasteiger partial charge in [-0.1, -0.05) is 43.3 Å². The van der Waals surface area contributed by atoms with E-state index in [2.05, 4.69) is 42.2 Å². The van der Waals surface area contributed by atoms with E-state index < -0.39 is 11.6 Å². The molecular formula is C33H37F2NO2. The van der Waals surface area contributed by atoms with Gasteiger partial charge >= 0.3 is 0 Å². The van der Waals surface area contributed by atoms with E-state index in [0.29, 0.717) is 6.54 Å². The van der Waals surface area contributed by atoms with Crippen molar-refractivity contribution in [2.24, 2.45) is 11.3 Å². The predicted molar refractivity (Wildman–Crippen MR) is 147 cm³/mol. The molecule has 1 unspecified atom stereocenters. The van der Waals surface area contributed by atoms with Crippen LogP contribution in [-0.2, 0) is 25.8 Å². The Bertz CT molecular complexity index is 1280. The number of halogens is 2. The second kappa shape index (κ2) is 11.4. The van der Waals surface area contributed by atoms with E-state index in [9.17, 15) is 13.6 Å². The average molecular weight is 518 g/mol. The number of hydrogen-bond donors (Lipinski definition) is 0. The second-order valence-electron chi connectivity index (χ2n) is 11.2. The quantitative estimate of drug-likeness (QED) is 0.346. The van der Waals surface area contributed by atoms with Crippen molar-refractivity contribution in [2.45, 2.75) is 58.4 Å². The van der Waals surface area contributed by atoms with Gasteiger partial charge in [0.25, 0.3) is 0 Å². The summed E-state index contributed by atoms with van der Waals surface area (Å²) in [4.78, 5) is 16.3. The fourth-order valence-electron chi connectivity index (χ4n) is 6.40. The number of methoxy groups -OCH3 is 1. The van der Waals surface area contributed by atoms with Gasteiger partial charge in [-0.05, 0) is 110 Å². The van der Waals surface area contributed by atoms with E-state index in [1.54, 1.807) is 13.2 Å². The summed E-state index contributed by atoms with van der Waals surface area (Å²) in [6, 6.07) is 18.7. The summed E-state index contributed by atoms with van der Waals surface area (Å²) in [6.07, 6.45) is 6.56. The maximum absolute atomic E-state index is 14.0. The second-order valence-corrected chi connectivity index (χ2v) is 11.2. The summed E-state index contributed by atoms with van der Waals surface area (Å²) in [6.45, 7) is 4.56. The van der Waals surface area contributed by atoms with Crippen molar-refractivity contribution in [3.63, 3.8) is 0 Å². The molecule has 0 radical (unpaired) electrons. The number of ether oxygens (including phenoxy) is 1. The molecule has 1 aliphatic carbocycles. The van der Waals surface area contributed by atoms with Crippen LogP contribution in [0, 0.1) is 23.0 Å². The van der Waals surface area contributed by atoms with Gasteiger partial charge in [0.15, 0.2) is 17.4 Å². The van der Waals surface area contributed by atoms with Gasteiger partial charge < -0.3 is 4.74 Å². The molecule has 5 rings (SSSR count). The van der Waals surface area contributed by atoms with Crippen molar-refractivity contribution < 1.29 is 18.3 Å². The predicted octanol–water partition coefficient (Wildman–Crippen LogP) is 7.20. The van der Waals surface area contributed by atoms with Crippen LogP contribution in [0.4, 0.5) is 8.78 Å². The Kier molecular flexibility index (Phi) is 7.94. The Morgan fingerprint density at radius 2 is 1.61 bits per heavy atom. The minimum atomic E-state index is -0.806. The molecule has 3 aromatic rings. The molecule has 38 heavy (non-hydrogen) atoms. The van der Waals surface area contributed by atoms with Gasteiger partial charge in [0.05, 0.1) is 7.11 Å². The van der Waals surface area contributed by atoms with Crippen molar-refractivity contribution >= 4 is 5.78 Å². The zero-order valence-electron chi connectivity index (χ0n) is 22.4. The maximum Gasteiger partial charge on any atom is 0.166 e. The number of carbonyl (C=O) groups is 1. The van der Waals surface area contributed by atoms with Crippen LogP contribution in [0.5, 0.6) is 5.75 Å². The lowest BCUT2D eigenvalue weighted by Crippen LogP contribution is -2.42. The molecule has 1 fully saturated rings.